The van der Waals surface area contributed by atoms with Crippen LogP contribution in [0.15, 0.2) is 16.6 Å². The standard InChI is InChI=1S/C15H19BrN2O3/c1-15(21-2)4-3-5-18(8-15)12-7-11-9(6-10(12)16)13(19)14(20)17-11/h6-7,13,19H,3-5,8H2,1-2H3,(H,17,20). The van der Waals surface area contributed by atoms with Gasteiger partial charge in [0.15, 0.2) is 6.10 Å². The number of aliphatic hydroxyl groups is 1. The molecule has 1 saturated heterocycles. The molecule has 2 N–H and O–H groups in total. The van der Waals surface area contributed by atoms with E-state index in [1.54, 1.807) is 7.11 Å². The van der Waals surface area contributed by atoms with Crippen molar-refractivity contribution in [1.82, 2.24) is 0 Å². The highest BCUT2D eigenvalue weighted by Gasteiger charge is 2.34. The quantitative estimate of drug-likeness (QED) is 0.856. The Balaban J connectivity index is 1.93. The zero-order valence-corrected chi connectivity index (χ0v) is 13.7. The zero-order valence-electron chi connectivity index (χ0n) is 12.1. The number of carbonyl (C=O) groups excluding carboxylic acids is 1. The molecule has 0 aliphatic carbocycles. The van der Waals surface area contributed by atoms with Gasteiger partial charge >= 0.3 is 0 Å². The van der Waals surface area contributed by atoms with Crippen LogP contribution in [0.1, 0.15) is 31.4 Å². The number of nitrogens with one attached hydrogen (secondary N) is 1. The monoisotopic (exact) mass is 354 g/mol. The Kier molecular flexibility index (Phi) is 3.71. The molecule has 0 bridgehead atoms. The van der Waals surface area contributed by atoms with E-state index in [0.29, 0.717) is 11.3 Å². The van der Waals surface area contributed by atoms with Crippen LogP contribution in [0.25, 0.3) is 0 Å². The van der Waals surface area contributed by atoms with Crippen LogP contribution in [0.3, 0.4) is 0 Å². The zero-order chi connectivity index (χ0) is 15.2. The first-order valence-electron chi connectivity index (χ1n) is 7.06. The van der Waals surface area contributed by atoms with Crippen LogP contribution in [-0.4, -0.2) is 36.8 Å². The summed E-state index contributed by atoms with van der Waals surface area (Å²) in [6, 6.07) is 3.75. The van der Waals surface area contributed by atoms with E-state index in [1.807, 2.05) is 12.1 Å². The first kappa shape index (κ1) is 14.8. The minimum atomic E-state index is -1.07. The Morgan fingerprint density at radius 2 is 2.29 bits per heavy atom. The van der Waals surface area contributed by atoms with E-state index in [4.69, 9.17) is 4.74 Å². The fraction of sp³-hybridized carbons (Fsp3) is 0.533. The van der Waals surface area contributed by atoms with E-state index in [2.05, 4.69) is 33.1 Å². The number of halogens is 1. The molecule has 1 aromatic carbocycles. The molecule has 2 aliphatic heterocycles. The second kappa shape index (κ2) is 5.26. The van der Waals surface area contributed by atoms with Gasteiger partial charge in [-0.15, -0.1) is 0 Å². The summed E-state index contributed by atoms with van der Waals surface area (Å²) in [7, 11) is 1.75. The van der Waals surface area contributed by atoms with Crippen molar-refractivity contribution in [3.8, 4) is 0 Å². The van der Waals surface area contributed by atoms with Gasteiger partial charge in [-0.25, -0.2) is 0 Å². The topological polar surface area (TPSA) is 61.8 Å². The minimum absolute atomic E-state index is 0.153. The number of fused-ring (bicyclic) bond motifs is 1. The molecule has 2 unspecified atom stereocenters. The predicted molar refractivity (Wildman–Crippen MR) is 84.6 cm³/mol. The molecule has 1 fully saturated rings. The van der Waals surface area contributed by atoms with Crippen LogP contribution in [0, 0.1) is 0 Å². The van der Waals surface area contributed by atoms with Crippen molar-refractivity contribution in [1.29, 1.82) is 0 Å². The number of amides is 1. The molecule has 5 nitrogen and oxygen atoms in total. The number of carbonyl (C=O) groups is 1. The summed E-state index contributed by atoms with van der Waals surface area (Å²) in [5.74, 6) is -0.366. The van der Waals surface area contributed by atoms with Crippen molar-refractivity contribution in [2.75, 3.05) is 30.4 Å². The molecule has 6 heteroatoms. The molecule has 114 valence electrons. The summed E-state index contributed by atoms with van der Waals surface area (Å²) in [5.41, 5.74) is 2.18. The van der Waals surface area contributed by atoms with Gasteiger partial charge in [0.2, 0.25) is 0 Å². The maximum atomic E-state index is 11.6. The van der Waals surface area contributed by atoms with E-state index >= 15 is 0 Å². The fourth-order valence-electron chi connectivity index (χ4n) is 3.07. The van der Waals surface area contributed by atoms with Crippen LogP contribution >= 0.6 is 15.9 Å². The maximum Gasteiger partial charge on any atom is 0.257 e. The summed E-state index contributed by atoms with van der Waals surface area (Å²) in [4.78, 5) is 13.8. The van der Waals surface area contributed by atoms with Crippen molar-refractivity contribution in [3.05, 3.63) is 22.2 Å². The van der Waals surface area contributed by atoms with Crippen LogP contribution in [-0.2, 0) is 9.53 Å². The molecule has 1 amide bonds. The van der Waals surface area contributed by atoms with Gasteiger partial charge in [-0.1, -0.05) is 0 Å². The molecule has 0 saturated carbocycles. The number of aliphatic hydroxyl groups excluding tert-OH is 1. The lowest BCUT2D eigenvalue weighted by molar-refractivity contribution is -0.123. The number of methoxy groups -OCH3 is 1. The number of rotatable bonds is 2. The van der Waals surface area contributed by atoms with E-state index in [9.17, 15) is 9.90 Å². The van der Waals surface area contributed by atoms with E-state index in [-0.39, 0.29) is 11.5 Å². The molecule has 0 aromatic heterocycles. The van der Waals surface area contributed by atoms with Gasteiger partial charge in [0.05, 0.1) is 11.3 Å². The number of nitrogens with zero attached hydrogens (tertiary/aromatic N) is 1. The highest BCUT2D eigenvalue weighted by atomic mass is 79.9. The van der Waals surface area contributed by atoms with Crippen LogP contribution in [0.4, 0.5) is 11.4 Å². The molecular weight excluding hydrogens is 336 g/mol. The number of anilines is 2. The Hall–Kier alpha value is -1.11. The highest BCUT2D eigenvalue weighted by Crippen LogP contribution is 2.40. The van der Waals surface area contributed by atoms with Crippen molar-refractivity contribution >= 4 is 33.2 Å². The van der Waals surface area contributed by atoms with Crippen molar-refractivity contribution < 1.29 is 14.6 Å². The Bertz CT molecular complexity index is 593. The third-order valence-corrected chi connectivity index (χ3v) is 5.05. The van der Waals surface area contributed by atoms with E-state index in [0.717, 1.165) is 36.1 Å². The molecule has 0 spiro atoms. The molecule has 0 radical (unpaired) electrons. The summed E-state index contributed by atoms with van der Waals surface area (Å²) in [6.07, 6.45) is 1.02. The molecular formula is C15H19BrN2O3. The Labute approximate surface area is 132 Å². The van der Waals surface area contributed by atoms with Gasteiger partial charge in [0, 0.05) is 35.9 Å². The highest BCUT2D eigenvalue weighted by molar-refractivity contribution is 9.10. The van der Waals surface area contributed by atoms with Crippen LogP contribution < -0.4 is 10.2 Å². The maximum absolute atomic E-state index is 11.6. The Morgan fingerprint density at radius 3 is 3.00 bits per heavy atom. The number of hydrogen-bond acceptors (Lipinski definition) is 4. The lowest BCUT2D eigenvalue weighted by atomic mass is 9.94. The largest absolute Gasteiger partial charge is 0.378 e. The minimum Gasteiger partial charge on any atom is -0.378 e. The normalized spacial score (nSPS) is 28.5. The molecule has 3 rings (SSSR count). The summed E-state index contributed by atoms with van der Waals surface area (Å²) in [5, 5.41) is 12.6. The third kappa shape index (κ3) is 2.56. The summed E-state index contributed by atoms with van der Waals surface area (Å²) < 4.78 is 6.52. The molecule has 21 heavy (non-hydrogen) atoms. The third-order valence-electron chi connectivity index (χ3n) is 4.41. The molecule has 2 heterocycles. The number of benzene rings is 1. The first-order valence-corrected chi connectivity index (χ1v) is 7.85. The molecule has 1 aromatic rings. The SMILES string of the molecule is COC1(C)CCCN(c2cc3c(cc2Br)C(O)C(=O)N3)C1. The van der Waals surface area contributed by atoms with E-state index < -0.39 is 6.10 Å². The van der Waals surface area contributed by atoms with Gasteiger partial charge in [-0.3, -0.25) is 4.79 Å². The van der Waals surface area contributed by atoms with Crippen molar-refractivity contribution in [2.45, 2.75) is 31.5 Å². The van der Waals surface area contributed by atoms with Crippen LogP contribution in [0.2, 0.25) is 0 Å². The van der Waals surface area contributed by atoms with Gasteiger partial charge < -0.3 is 20.1 Å². The number of piperidine rings is 1. The fourth-order valence-corrected chi connectivity index (χ4v) is 3.69. The first-order chi connectivity index (χ1) is 9.93. The summed E-state index contributed by atoms with van der Waals surface area (Å²) >= 11 is 3.56. The van der Waals surface area contributed by atoms with Gasteiger partial charge in [-0.2, -0.15) is 0 Å². The van der Waals surface area contributed by atoms with Crippen molar-refractivity contribution in [3.63, 3.8) is 0 Å². The van der Waals surface area contributed by atoms with Crippen molar-refractivity contribution in [2.24, 2.45) is 0 Å². The summed E-state index contributed by atoms with van der Waals surface area (Å²) in [6.45, 7) is 3.87. The van der Waals surface area contributed by atoms with Crippen LogP contribution in [0.5, 0.6) is 0 Å². The van der Waals surface area contributed by atoms with Gasteiger partial charge in [0.1, 0.15) is 0 Å². The number of hydrogen-bond donors (Lipinski definition) is 2. The average molecular weight is 355 g/mol. The lowest BCUT2D eigenvalue weighted by Crippen LogP contribution is -2.47. The number of ether oxygens (including phenoxy) is 1. The Morgan fingerprint density at radius 1 is 1.52 bits per heavy atom. The lowest BCUT2D eigenvalue weighted by Gasteiger charge is -2.41. The van der Waals surface area contributed by atoms with E-state index in [1.165, 1.54) is 0 Å². The predicted octanol–water partition coefficient (Wildman–Crippen LogP) is 2.44. The smallest absolute Gasteiger partial charge is 0.257 e. The average Bonchev–Trinajstić information content (AvgIpc) is 2.73. The second-order valence-electron chi connectivity index (χ2n) is 5.96. The second-order valence-corrected chi connectivity index (χ2v) is 6.82. The molecule has 2 atom stereocenters. The molecule has 2 aliphatic rings. The van der Waals surface area contributed by atoms with Gasteiger partial charge in [-0.05, 0) is 47.8 Å². The van der Waals surface area contributed by atoms with Gasteiger partial charge in [0.25, 0.3) is 5.91 Å².